The second-order valence-electron chi connectivity index (χ2n) is 7.12. The molecule has 6 heteroatoms. The van der Waals surface area contributed by atoms with Gasteiger partial charge in [0.1, 0.15) is 0 Å². The molecule has 1 saturated heterocycles. The highest BCUT2D eigenvalue weighted by molar-refractivity contribution is 7.89. The third kappa shape index (κ3) is 4.14. The minimum absolute atomic E-state index is 0.166. The van der Waals surface area contributed by atoms with Gasteiger partial charge in [0.05, 0.1) is 4.90 Å². The van der Waals surface area contributed by atoms with Gasteiger partial charge in [0.2, 0.25) is 10.0 Å². The Hall–Kier alpha value is -2.18. The van der Waals surface area contributed by atoms with Gasteiger partial charge in [-0.15, -0.1) is 0 Å². The van der Waals surface area contributed by atoms with Crippen LogP contribution in [-0.2, 0) is 10.0 Å². The third-order valence-corrected chi connectivity index (χ3v) is 6.43. The van der Waals surface area contributed by atoms with E-state index in [2.05, 4.69) is 19.2 Å². The highest BCUT2D eigenvalue weighted by atomic mass is 32.2. The third-order valence-electron chi connectivity index (χ3n) is 4.60. The topological polar surface area (TPSA) is 66.5 Å². The van der Waals surface area contributed by atoms with Crippen LogP contribution in [0.3, 0.4) is 0 Å². The molecule has 1 fully saturated rings. The molecule has 5 nitrogen and oxygen atoms in total. The number of carbonyl (C=O) groups is 1. The van der Waals surface area contributed by atoms with Gasteiger partial charge in [-0.2, -0.15) is 4.31 Å². The summed E-state index contributed by atoms with van der Waals surface area (Å²) in [5.41, 5.74) is 0.998. The molecule has 0 spiro atoms. The zero-order valence-corrected chi connectivity index (χ0v) is 15.9. The van der Waals surface area contributed by atoms with Crippen LogP contribution >= 0.6 is 0 Å². The first kappa shape index (κ1) is 18.6. The summed E-state index contributed by atoms with van der Waals surface area (Å²) in [6.07, 6.45) is 1.03. The Morgan fingerprint density at radius 2 is 1.65 bits per heavy atom. The van der Waals surface area contributed by atoms with Crippen molar-refractivity contribution in [2.24, 2.45) is 11.8 Å². The number of amides is 1. The predicted octanol–water partition coefficient (Wildman–Crippen LogP) is 3.61. The molecule has 1 heterocycles. The molecule has 1 aliphatic rings. The summed E-state index contributed by atoms with van der Waals surface area (Å²) in [4.78, 5) is 12.6. The molecule has 1 N–H and O–H groups in total. The van der Waals surface area contributed by atoms with Crippen LogP contribution in [0.1, 0.15) is 30.6 Å². The number of hydrogen-bond donors (Lipinski definition) is 1. The first-order chi connectivity index (χ1) is 12.4. The first-order valence-corrected chi connectivity index (χ1v) is 10.3. The highest BCUT2D eigenvalue weighted by Crippen LogP contribution is 2.27. The van der Waals surface area contributed by atoms with Crippen LogP contribution in [0.15, 0.2) is 59.5 Å². The molecule has 0 aromatic heterocycles. The summed E-state index contributed by atoms with van der Waals surface area (Å²) < 4.78 is 27.6. The van der Waals surface area contributed by atoms with E-state index in [-0.39, 0.29) is 10.8 Å². The normalized spacial score (nSPS) is 21.3. The molecule has 0 saturated carbocycles. The van der Waals surface area contributed by atoms with Gasteiger partial charge in [0.25, 0.3) is 5.91 Å². The summed E-state index contributed by atoms with van der Waals surface area (Å²) in [6.45, 7) is 5.18. The first-order valence-electron chi connectivity index (χ1n) is 8.83. The maximum atomic E-state index is 13.0. The van der Waals surface area contributed by atoms with Crippen LogP contribution in [0.25, 0.3) is 0 Å². The molecule has 2 unspecified atom stereocenters. The van der Waals surface area contributed by atoms with Crippen molar-refractivity contribution < 1.29 is 13.2 Å². The monoisotopic (exact) mass is 372 g/mol. The van der Waals surface area contributed by atoms with Crippen LogP contribution in [-0.4, -0.2) is 31.7 Å². The molecule has 26 heavy (non-hydrogen) atoms. The lowest BCUT2D eigenvalue weighted by molar-refractivity contribution is 0.102. The number of hydrogen-bond acceptors (Lipinski definition) is 3. The van der Waals surface area contributed by atoms with E-state index in [9.17, 15) is 13.2 Å². The smallest absolute Gasteiger partial charge is 0.255 e. The molecule has 2 aromatic carbocycles. The fraction of sp³-hybridized carbons (Fsp3) is 0.350. The molecule has 2 aromatic rings. The molecule has 138 valence electrons. The highest BCUT2D eigenvalue weighted by Gasteiger charge is 2.31. The predicted molar refractivity (Wildman–Crippen MR) is 103 cm³/mol. The van der Waals surface area contributed by atoms with Crippen molar-refractivity contribution in [2.45, 2.75) is 25.2 Å². The van der Waals surface area contributed by atoms with Gasteiger partial charge < -0.3 is 5.32 Å². The number of anilines is 1. The molecule has 0 aliphatic carbocycles. The Morgan fingerprint density at radius 3 is 2.31 bits per heavy atom. The molecule has 0 radical (unpaired) electrons. The Morgan fingerprint density at radius 1 is 1.00 bits per heavy atom. The number of nitrogens with one attached hydrogen (secondary N) is 1. The van der Waals surface area contributed by atoms with Gasteiger partial charge in [-0.25, -0.2) is 8.42 Å². The number of sulfonamides is 1. The number of nitrogens with zero attached hydrogens (tertiary/aromatic N) is 1. The lowest BCUT2D eigenvalue weighted by Gasteiger charge is -2.34. The zero-order valence-electron chi connectivity index (χ0n) is 15.1. The Balaban J connectivity index is 1.83. The molecular weight excluding hydrogens is 348 g/mol. The van der Waals surface area contributed by atoms with Crippen molar-refractivity contribution in [2.75, 3.05) is 18.4 Å². The van der Waals surface area contributed by atoms with E-state index in [0.717, 1.165) is 6.42 Å². The fourth-order valence-electron chi connectivity index (χ4n) is 3.47. The Bertz CT molecular complexity index is 871. The fourth-order valence-corrected chi connectivity index (χ4v) is 5.20. The molecule has 3 rings (SSSR count). The zero-order chi connectivity index (χ0) is 18.7. The SMILES string of the molecule is CC1CC(C)CN(S(=O)(=O)c2cccc(C(=O)Nc3ccccc3)c2)C1. The summed E-state index contributed by atoms with van der Waals surface area (Å²) >= 11 is 0. The van der Waals surface area contributed by atoms with Crippen molar-refractivity contribution in [1.29, 1.82) is 0 Å². The van der Waals surface area contributed by atoms with E-state index in [1.807, 2.05) is 18.2 Å². The van der Waals surface area contributed by atoms with Crippen LogP contribution in [0.2, 0.25) is 0 Å². The van der Waals surface area contributed by atoms with Crippen molar-refractivity contribution in [3.8, 4) is 0 Å². The van der Waals surface area contributed by atoms with Crippen LogP contribution in [0.5, 0.6) is 0 Å². The van der Waals surface area contributed by atoms with E-state index in [0.29, 0.717) is 36.2 Å². The number of para-hydroxylation sites is 1. The average molecular weight is 372 g/mol. The maximum Gasteiger partial charge on any atom is 0.255 e. The second-order valence-corrected chi connectivity index (χ2v) is 9.05. The number of benzene rings is 2. The number of piperidine rings is 1. The summed E-state index contributed by atoms with van der Waals surface area (Å²) in [5, 5.41) is 2.78. The van der Waals surface area contributed by atoms with Gasteiger partial charge in [-0.3, -0.25) is 4.79 Å². The standard InChI is InChI=1S/C20H24N2O3S/c1-15-11-16(2)14-22(13-15)26(24,25)19-10-6-7-17(12-19)20(23)21-18-8-4-3-5-9-18/h3-10,12,15-16H,11,13-14H2,1-2H3,(H,21,23). The Labute approximate surface area is 155 Å². The van der Waals surface area contributed by atoms with Gasteiger partial charge in [0.15, 0.2) is 0 Å². The summed E-state index contributed by atoms with van der Waals surface area (Å²) in [5.74, 6) is 0.338. The van der Waals surface area contributed by atoms with E-state index < -0.39 is 10.0 Å². The van der Waals surface area contributed by atoms with E-state index in [1.165, 1.54) is 6.07 Å². The molecule has 1 amide bonds. The maximum absolute atomic E-state index is 13.0. The summed E-state index contributed by atoms with van der Waals surface area (Å²) in [6, 6.07) is 15.3. The van der Waals surface area contributed by atoms with Crippen LogP contribution in [0, 0.1) is 11.8 Å². The molecule has 1 aliphatic heterocycles. The second kappa shape index (κ2) is 7.60. The van der Waals surface area contributed by atoms with Gasteiger partial charge in [-0.05, 0) is 48.6 Å². The minimum Gasteiger partial charge on any atom is -0.322 e. The minimum atomic E-state index is -3.60. The van der Waals surface area contributed by atoms with Crippen molar-refractivity contribution in [3.63, 3.8) is 0 Å². The van der Waals surface area contributed by atoms with E-state index >= 15 is 0 Å². The van der Waals surface area contributed by atoms with Gasteiger partial charge in [-0.1, -0.05) is 38.1 Å². The molecular formula is C20H24N2O3S. The van der Waals surface area contributed by atoms with Gasteiger partial charge in [0, 0.05) is 24.3 Å². The van der Waals surface area contributed by atoms with Crippen molar-refractivity contribution in [1.82, 2.24) is 4.31 Å². The van der Waals surface area contributed by atoms with Crippen molar-refractivity contribution in [3.05, 3.63) is 60.2 Å². The lowest BCUT2D eigenvalue weighted by atomic mass is 9.94. The number of rotatable bonds is 4. The Kier molecular flexibility index (Phi) is 5.44. The lowest BCUT2D eigenvalue weighted by Crippen LogP contribution is -2.42. The largest absolute Gasteiger partial charge is 0.322 e. The molecule has 2 atom stereocenters. The van der Waals surface area contributed by atoms with E-state index in [1.54, 1.807) is 34.6 Å². The van der Waals surface area contributed by atoms with Gasteiger partial charge >= 0.3 is 0 Å². The molecule has 0 bridgehead atoms. The summed E-state index contributed by atoms with van der Waals surface area (Å²) in [7, 11) is -3.60. The average Bonchev–Trinajstić information content (AvgIpc) is 2.62. The van der Waals surface area contributed by atoms with E-state index in [4.69, 9.17) is 0 Å². The van der Waals surface area contributed by atoms with Crippen LogP contribution in [0.4, 0.5) is 5.69 Å². The quantitative estimate of drug-likeness (QED) is 0.892. The number of carbonyl (C=O) groups excluding carboxylic acids is 1. The van der Waals surface area contributed by atoms with Crippen LogP contribution < -0.4 is 5.32 Å². The van der Waals surface area contributed by atoms with Crippen molar-refractivity contribution >= 4 is 21.6 Å².